The molecule has 0 aliphatic carbocycles. The van der Waals surface area contributed by atoms with Crippen molar-refractivity contribution in [2.45, 2.75) is 45.1 Å². The summed E-state index contributed by atoms with van der Waals surface area (Å²) in [5, 5.41) is 13.6. The van der Waals surface area contributed by atoms with Crippen molar-refractivity contribution in [2.24, 2.45) is 5.92 Å². The Morgan fingerprint density at radius 3 is 1.80 bits per heavy atom. The van der Waals surface area contributed by atoms with Crippen LogP contribution in [0.4, 0.5) is 4.79 Å². The van der Waals surface area contributed by atoms with E-state index in [2.05, 4.69) is 0 Å². The first-order valence-electron chi connectivity index (χ1n) is 17.7. The summed E-state index contributed by atoms with van der Waals surface area (Å²) in [6.07, 6.45) is -1.46. The van der Waals surface area contributed by atoms with E-state index >= 15 is 0 Å². The SMILES string of the molecule is C[C@@H](O[Si](C)(C)C)[C@H]1C(=O)N(C(C(=O)O)=P(c2ccccc2)(c2ccccc2)c2ccccc2)[C@@H]1CC(=O)c1ccc(OCC(=O)N2CCOC2=O)cc1. The molecular weight excluding hydrogens is 724 g/mol. The minimum Gasteiger partial charge on any atom is -0.484 e. The lowest BCUT2D eigenvalue weighted by molar-refractivity contribution is -0.155. The van der Waals surface area contributed by atoms with E-state index in [1.54, 1.807) is 24.3 Å². The lowest BCUT2D eigenvalue weighted by Gasteiger charge is -2.51. The lowest BCUT2D eigenvalue weighted by Crippen LogP contribution is -2.69. The van der Waals surface area contributed by atoms with Crippen molar-refractivity contribution >= 4 is 66.2 Å². The zero-order valence-electron chi connectivity index (χ0n) is 30.6. The van der Waals surface area contributed by atoms with Crippen LogP contribution in [-0.2, 0) is 23.5 Å². The van der Waals surface area contributed by atoms with Gasteiger partial charge in [-0.15, -0.1) is 0 Å². The fraction of sp³-hybridized carbons (Fsp3) is 0.268. The van der Waals surface area contributed by atoms with Crippen molar-refractivity contribution in [3.63, 3.8) is 0 Å². The quantitative estimate of drug-likeness (QED) is 0.0823. The third kappa shape index (κ3) is 7.68. The van der Waals surface area contributed by atoms with Gasteiger partial charge < -0.3 is 23.9 Å². The number of β-lactam (4-membered cyclic amide) rings is 1. The number of carbonyl (C=O) groups excluding carboxylic acids is 4. The second kappa shape index (κ2) is 16.0. The normalized spacial score (nSPS) is 17.7. The summed E-state index contributed by atoms with van der Waals surface area (Å²) in [5.74, 6) is -2.96. The van der Waals surface area contributed by atoms with Gasteiger partial charge in [0.1, 0.15) is 17.8 Å². The molecule has 4 aromatic rings. The molecule has 1 N–H and O–H groups in total. The fourth-order valence-electron chi connectivity index (χ4n) is 7.26. The average Bonchev–Trinajstić information content (AvgIpc) is 3.60. The summed E-state index contributed by atoms with van der Waals surface area (Å²) in [5.41, 5.74) is 0.251. The van der Waals surface area contributed by atoms with Crippen LogP contribution in [0.1, 0.15) is 23.7 Å². The summed E-state index contributed by atoms with van der Waals surface area (Å²) in [7, 11) is -2.17. The lowest BCUT2D eigenvalue weighted by atomic mass is 9.79. The molecule has 11 nitrogen and oxygen atoms in total. The highest BCUT2D eigenvalue weighted by Gasteiger charge is 2.56. The van der Waals surface area contributed by atoms with Gasteiger partial charge in [-0.2, -0.15) is 0 Å². The highest BCUT2D eigenvalue weighted by molar-refractivity contribution is 7.96. The maximum absolute atomic E-state index is 14.6. The molecule has 0 spiro atoms. The monoisotopic (exact) mass is 766 g/mol. The van der Waals surface area contributed by atoms with E-state index in [0.717, 1.165) is 20.8 Å². The number of ether oxygens (including phenoxy) is 2. The summed E-state index contributed by atoms with van der Waals surface area (Å²) in [4.78, 5) is 69.1. The molecule has 2 aliphatic rings. The Balaban J connectivity index is 1.43. The van der Waals surface area contributed by atoms with Crippen LogP contribution >= 0.6 is 6.89 Å². The van der Waals surface area contributed by atoms with Gasteiger partial charge in [-0.05, 0) is 66.7 Å². The number of hydrogen-bond acceptors (Lipinski definition) is 8. The first-order chi connectivity index (χ1) is 25.8. The minimum absolute atomic E-state index is 0.0688. The maximum Gasteiger partial charge on any atom is 0.416 e. The second-order valence-electron chi connectivity index (χ2n) is 14.1. The van der Waals surface area contributed by atoms with Crippen molar-refractivity contribution in [1.29, 1.82) is 0 Å². The molecular formula is C41H43N2O9PSi. The van der Waals surface area contributed by atoms with Gasteiger partial charge in [-0.25, -0.2) is 14.5 Å². The first kappa shape index (κ1) is 38.4. The number of likely N-dealkylation sites (tertiary alicyclic amines) is 1. The number of imide groups is 1. The van der Waals surface area contributed by atoms with Crippen LogP contribution in [0.25, 0.3) is 0 Å². The summed E-state index contributed by atoms with van der Waals surface area (Å²) in [6.45, 7) is 4.51. The largest absolute Gasteiger partial charge is 0.484 e. The Bertz CT molecular complexity index is 1980. The summed E-state index contributed by atoms with van der Waals surface area (Å²) >= 11 is 0. The van der Waals surface area contributed by atoms with Crippen molar-refractivity contribution in [1.82, 2.24) is 9.80 Å². The summed E-state index contributed by atoms with van der Waals surface area (Å²) < 4.78 is 16.8. The zero-order valence-corrected chi connectivity index (χ0v) is 32.5. The molecule has 280 valence electrons. The molecule has 3 atom stereocenters. The van der Waals surface area contributed by atoms with E-state index in [0.29, 0.717) is 11.3 Å². The molecule has 3 amide bonds. The smallest absolute Gasteiger partial charge is 0.416 e. The van der Waals surface area contributed by atoms with Gasteiger partial charge in [0.2, 0.25) is 5.91 Å². The number of ketones is 1. The molecule has 6 rings (SSSR count). The number of hydrogen-bond donors (Lipinski definition) is 1. The number of rotatable bonds is 14. The third-order valence-corrected chi connectivity index (χ3v) is 14.8. The van der Waals surface area contributed by atoms with Crippen molar-refractivity contribution < 1.29 is 43.0 Å². The molecule has 13 heteroatoms. The molecule has 0 aromatic heterocycles. The third-order valence-electron chi connectivity index (χ3n) is 9.48. The highest BCUT2D eigenvalue weighted by atomic mass is 31.2. The van der Waals surface area contributed by atoms with Crippen LogP contribution < -0.4 is 20.7 Å². The minimum atomic E-state index is -3.26. The van der Waals surface area contributed by atoms with Crippen LogP contribution in [-0.4, -0.2) is 90.2 Å². The number of aliphatic carboxylic acids is 1. The molecule has 4 aromatic carbocycles. The Kier molecular flexibility index (Phi) is 11.4. The van der Waals surface area contributed by atoms with Crippen molar-refractivity contribution in [3.05, 3.63) is 121 Å². The van der Waals surface area contributed by atoms with E-state index in [1.165, 1.54) is 4.90 Å². The predicted molar refractivity (Wildman–Crippen MR) is 210 cm³/mol. The van der Waals surface area contributed by atoms with Crippen LogP contribution in [0.3, 0.4) is 0 Å². The number of benzene rings is 4. The number of carbonyl (C=O) groups is 5. The molecule has 0 radical (unpaired) electrons. The molecule has 0 bridgehead atoms. The molecule has 2 aliphatic heterocycles. The van der Waals surface area contributed by atoms with Crippen LogP contribution in [0.5, 0.6) is 5.75 Å². The molecule has 54 heavy (non-hydrogen) atoms. The van der Waals surface area contributed by atoms with Crippen LogP contribution in [0, 0.1) is 5.92 Å². The van der Waals surface area contributed by atoms with Gasteiger partial charge in [-0.1, -0.05) is 91.0 Å². The number of nitrogens with zero attached hydrogens (tertiary/aromatic N) is 2. The van der Waals surface area contributed by atoms with Gasteiger partial charge in [0.25, 0.3) is 5.91 Å². The van der Waals surface area contributed by atoms with Crippen molar-refractivity contribution in [2.75, 3.05) is 19.8 Å². The van der Waals surface area contributed by atoms with Gasteiger partial charge in [-0.3, -0.25) is 14.4 Å². The topological polar surface area (TPSA) is 140 Å². The molecule has 2 heterocycles. The Labute approximate surface area is 315 Å². The maximum atomic E-state index is 14.6. The molecule has 2 fully saturated rings. The van der Waals surface area contributed by atoms with E-state index < -0.39 is 57.1 Å². The van der Waals surface area contributed by atoms with Crippen LogP contribution in [0.15, 0.2) is 115 Å². The number of amides is 3. The van der Waals surface area contributed by atoms with E-state index in [1.807, 2.05) is 118 Å². The first-order valence-corrected chi connectivity index (χ1v) is 22.9. The Morgan fingerprint density at radius 1 is 0.833 bits per heavy atom. The number of carboxylic acids is 1. The average molecular weight is 767 g/mol. The molecule has 2 saturated heterocycles. The van der Waals surface area contributed by atoms with E-state index in [9.17, 15) is 29.1 Å². The van der Waals surface area contributed by atoms with E-state index in [4.69, 9.17) is 13.9 Å². The standard InChI is InChI=1S/C41H43N2O9PSi/c1-28(52-54(2,3)4)37-34(26-35(44)29-20-22-30(23-21-29)51-27-36(45)42-24-25-50-41(42)49)43(38(37)46)39(40(47)48)53(31-14-8-5-9-15-31,32-16-10-6-11-17-32)33-18-12-7-13-19-33/h5-23,28,34,37H,24-27H2,1-4H3,(H,47,48)/t28-,34-,37-/m1/s1. The molecule has 0 unspecified atom stereocenters. The number of Topliss-reactive ketones (excluding diaryl/α,β-unsaturated/α-hetero) is 1. The second-order valence-corrected chi connectivity index (χ2v) is 21.9. The molecule has 0 saturated carbocycles. The van der Waals surface area contributed by atoms with Crippen LogP contribution in [0.2, 0.25) is 19.6 Å². The summed E-state index contributed by atoms with van der Waals surface area (Å²) in [6, 6.07) is 33.6. The van der Waals surface area contributed by atoms with E-state index in [-0.39, 0.29) is 37.4 Å². The predicted octanol–water partition coefficient (Wildman–Crippen LogP) is 4.89. The van der Waals surface area contributed by atoms with Gasteiger partial charge in [0.05, 0.1) is 24.6 Å². The number of cyclic esters (lactones) is 1. The Hall–Kier alpha value is -5.29. The number of carboxylic acid groups (broad SMARTS) is 1. The fourth-order valence-corrected chi connectivity index (χ4v) is 12.9. The van der Waals surface area contributed by atoms with Crippen molar-refractivity contribution in [3.8, 4) is 5.75 Å². The van der Waals surface area contributed by atoms with Gasteiger partial charge >= 0.3 is 12.1 Å². The van der Waals surface area contributed by atoms with Gasteiger partial charge in [0, 0.05) is 18.9 Å². The highest BCUT2D eigenvalue weighted by Crippen LogP contribution is 2.50. The Morgan fingerprint density at radius 2 is 1.35 bits per heavy atom. The van der Waals surface area contributed by atoms with Gasteiger partial charge in [0.15, 0.2) is 20.7 Å². The zero-order chi connectivity index (χ0) is 38.6.